The summed E-state index contributed by atoms with van der Waals surface area (Å²) < 4.78 is 35.2. The molecule has 30 heavy (non-hydrogen) atoms. The topological polar surface area (TPSA) is 66.8 Å². The van der Waals surface area contributed by atoms with Gasteiger partial charge in [0.15, 0.2) is 0 Å². The predicted molar refractivity (Wildman–Crippen MR) is 110 cm³/mol. The second-order valence-electron chi connectivity index (χ2n) is 8.73. The lowest BCUT2D eigenvalue weighted by molar-refractivity contribution is -0.137. The number of aryl methyl sites for hydroxylation is 1. The molecule has 2 aliphatic rings. The molecule has 0 radical (unpaired) electrons. The number of fused-ring (bicyclic) bond motifs is 1. The number of allylic oxidation sites excluding steroid dienone is 1. The third-order valence-electron chi connectivity index (χ3n) is 6.47. The molecule has 0 spiro atoms. The van der Waals surface area contributed by atoms with Crippen LogP contribution in [0.25, 0.3) is 0 Å². The molecule has 0 bridgehead atoms. The minimum Gasteiger partial charge on any atom is -0.481 e. The summed E-state index contributed by atoms with van der Waals surface area (Å²) in [6, 6.07) is 9.79. The van der Waals surface area contributed by atoms with Gasteiger partial charge < -0.3 is 14.9 Å². The van der Waals surface area contributed by atoms with Crippen LogP contribution in [0.2, 0.25) is 0 Å². The van der Waals surface area contributed by atoms with Crippen molar-refractivity contribution >= 4 is 5.97 Å². The molecule has 2 N–H and O–H groups in total. The highest BCUT2D eigenvalue weighted by Gasteiger charge is 2.55. The minimum atomic E-state index is -2.83. The number of aliphatic carboxylic acids is 1. The van der Waals surface area contributed by atoms with Gasteiger partial charge in [-0.3, -0.25) is 4.79 Å². The van der Waals surface area contributed by atoms with E-state index in [-0.39, 0.29) is 24.7 Å². The Labute approximate surface area is 176 Å². The molecule has 2 fully saturated rings. The molecule has 3 rings (SSSR count). The molecule has 0 aromatic heterocycles. The van der Waals surface area contributed by atoms with E-state index in [4.69, 9.17) is 9.84 Å². The van der Waals surface area contributed by atoms with Crippen molar-refractivity contribution in [3.63, 3.8) is 0 Å². The van der Waals surface area contributed by atoms with E-state index in [2.05, 4.69) is 0 Å². The maximum Gasteiger partial charge on any atom is 0.303 e. The molecule has 1 saturated carbocycles. The van der Waals surface area contributed by atoms with E-state index in [0.29, 0.717) is 32.3 Å². The van der Waals surface area contributed by atoms with Crippen LogP contribution >= 0.6 is 0 Å². The summed E-state index contributed by atoms with van der Waals surface area (Å²) in [6.07, 6.45) is 5.61. The predicted octanol–water partition coefficient (Wildman–Crippen LogP) is 4.86. The van der Waals surface area contributed by atoms with Crippen molar-refractivity contribution in [2.24, 2.45) is 17.8 Å². The molecule has 6 heteroatoms. The average Bonchev–Trinajstić information content (AvgIpc) is 2.82. The van der Waals surface area contributed by atoms with E-state index in [1.165, 1.54) is 12.2 Å². The Morgan fingerprint density at radius 2 is 2.03 bits per heavy atom. The second-order valence-corrected chi connectivity index (χ2v) is 8.73. The Kier molecular flexibility index (Phi) is 8.00. The maximum atomic E-state index is 14.7. The molecule has 1 aromatic carbocycles. The van der Waals surface area contributed by atoms with Crippen LogP contribution in [0.4, 0.5) is 8.78 Å². The molecule has 1 aliphatic carbocycles. The fraction of sp³-hybridized carbons (Fsp3) is 0.625. The van der Waals surface area contributed by atoms with Crippen LogP contribution in [0.1, 0.15) is 50.5 Å². The molecule has 1 heterocycles. The van der Waals surface area contributed by atoms with E-state index in [1.807, 2.05) is 30.3 Å². The number of carboxylic acid groups (broad SMARTS) is 1. The standard InChI is InChI=1S/C24H32F2O4/c25-24(26)15-22-20(13-10-18(16-30-22)7-4-8-23(28)29)21(24)14-12-19(27)11-9-17-5-2-1-3-6-17/h1-3,5-6,12,14,18-22,27H,4,7-11,13,15-16H2,(H,28,29)/b14-12+/t18?,19?,20-,21-,22+/m1/s1. The summed E-state index contributed by atoms with van der Waals surface area (Å²) in [6.45, 7) is 0.424. The number of hydrogen-bond donors (Lipinski definition) is 2. The minimum absolute atomic E-state index is 0.133. The number of rotatable bonds is 9. The zero-order valence-corrected chi connectivity index (χ0v) is 17.3. The van der Waals surface area contributed by atoms with E-state index < -0.39 is 30.0 Å². The number of benzene rings is 1. The van der Waals surface area contributed by atoms with Crippen LogP contribution in [0.3, 0.4) is 0 Å². The number of alkyl halides is 2. The largest absolute Gasteiger partial charge is 0.481 e. The molecule has 1 aromatic rings. The Hall–Kier alpha value is -1.79. The first-order valence-electron chi connectivity index (χ1n) is 11.0. The summed E-state index contributed by atoms with van der Waals surface area (Å²) in [5.41, 5.74) is 1.11. The highest BCUT2D eigenvalue weighted by molar-refractivity contribution is 5.66. The van der Waals surface area contributed by atoms with Gasteiger partial charge in [0.2, 0.25) is 0 Å². The van der Waals surface area contributed by atoms with E-state index in [1.54, 1.807) is 0 Å². The smallest absolute Gasteiger partial charge is 0.303 e. The monoisotopic (exact) mass is 422 g/mol. The summed E-state index contributed by atoms with van der Waals surface area (Å²) >= 11 is 0. The Bertz CT molecular complexity index is 706. The third kappa shape index (κ3) is 6.35. The Balaban J connectivity index is 1.54. The van der Waals surface area contributed by atoms with Crippen LogP contribution in [0, 0.1) is 17.8 Å². The van der Waals surface area contributed by atoms with Crippen LogP contribution in [-0.4, -0.2) is 40.9 Å². The van der Waals surface area contributed by atoms with Gasteiger partial charge in [-0.2, -0.15) is 0 Å². The highest BCUT2D eigenvalue weighted by atomic mass is 19.3. The molecule has 0 amide bonds. The molecule has 5 atom stereocenters. The second kappa shape index (κ2) is 10.5. The van der Waals surface area contributed by atoms with Gasteiger partial charge in [-0.1, -0.05) is 42.5 Å². The van der Waals surface area contributed by atoms with Gasteiger partial charge in [-0.25, -0.2) is 8.78 Å². The van der Waals surface area contributed by atoms with Crippen LogP contribution in [0.5, 0.6) is 0 Å². The van der Waals surface area contributed by atoms with Gasteiger partial charge in [-0.15, -0.1) is 0 Å². The number of hydrogen-bond acceptors (Lipinski definition) is 3. The number of ether oxygens (including phenoxy) is 1. The third-order valence-corrected chi connectivity index (χ3v) is 6.47. The SMILES string of the molecule is O=C(O)CCCC1CC[C@H]2[C@H](CC(F)(F)[C@@H]2/C=C/C(O)CCc2ccccc2)OC1. The zero-order valence-electron chi connectivity index (χ0n) is 17.3. The van der Waals surface area contributed by atoms with Crippen molar-refractivity contribution < 1.29 is 28.5 Å². The van der Waals surface area contributed by atoms with Gasteiger partial charge in [0.1, 0.15) is 0 Å². The number of aliphatic hydroxyl groups excluding tert-OH is 1. The Morgan fingerprint density at radius 1 is 1.27 bits per heavy atom. The quantitative estimate of drug-likeness (QED) is 0.558. The molecule has 4 nitrogen and oxygen atoms in total. The van der Waals surface area contributed by atoms with Gasteiger partial charge in [0, 0.05) is 25.4 Å². The van der Waals surface area contributed by atoms with Gasteiger partial charge in [-0.05, 0) is 55.9 Å². The fourth-order valence-electron chi connectivity index (χ4n) is 4.78. The molecule has 166 valence electrons. The van der Waals surface area contributed by atoms with Crippen LogP contribution in [-0.2, 0) is 16.0 Å². The number of carbonyl (C=O) groups is 1. The maximum absolute atomic E-state index is 14.7. The van der Waals surface area contributed by atoms with Crippen LogP contribution < -0.4 is 0 Å². The fourth-order valence-corrected chi connectivity index (χ4v) is 4.78. The summed E-state index contributed by atoms with van der Waals surface area (Å²) in [7, 11) is 0. The summed E-state index contributed by atoms with van der Waals surface area (Å²) in [5, 5.41) is 19.1. The van der Waals surface area contributed by atoms with Crippen molar-refractivity contribution in [2.45, 2.75) is 69.5 Å². The van der Waals surface area contributed by atoms with Crippen LogP contribution in [0.15, 0.2) is 42.5 Å². The van der Waals surface area contributed by atoms with E-state index in [0.717, 1.165) is 18.4 Å². The molecular formula is C24H32F2O4. The molecule has 1 saturated heterocycles. The Morgan fingerprint density at radius 3 is 2.77 bits per heavy atom. The molecular weight excluding hydrogens is 390 g/mol. The number of aliphatic hydroxyl groups is 1. The first-order chi connectivity index (χ1) is 14.3. The normalized spacial score (nSPS) is 29.4. The first kappa shape index (κ1) is 22.9. The lowest BCUT2D eigenvalue weighted by Crippen LogP contribution is -2.25. The first-order valence-corrected chi connectivity index (χ1v) is 11.0. The molecule has 2 unspecified atom stereocenters. The van der Waals surface area contributed by atoms with Crippen molar-refractivity contribution in [3.05, 3.63) is 48.0 Å². The van der Waals surface area contributed by atoms with Crippen molar-refractivity contribution in [2.75, 3.05) is 6.61 Å². The number of halogens is 2. The van der Waals surface area contributed by atoms with Crippen molar-refractivity contribution in [3.8, 4) is 0 Å². The van der Waals surface area contributed by atoms with Gasteiger partial charge in [0.05, 0.1) is 12.2 Å². The summed E-state index contributed by atoms with van der Waals surface area (Å²) in [5.74, 6) is -4.60. The van der Waals surface area contributed by atoms with Gasteiger partial charge in [0.25, 0.3) is 5.92 Å². The van der Waals surface area contributed by atoms with Gasteiger partial charge >= 0.3 is 5.97 Å². The lowest BCUT2D eigenvalue weighted by atomic mass is 9.86. The van der Waals surface area contributed by atoms with E-state index in [9.17, 15) is 18.7 Å². The van der Waals surface area contributed by atoms with Crippen molar-refractivity contribution in [1.29, 1.82) is 0 Å². The number of carboxylic acids is 1. The average molecular weight is 423 g/mol. The highest BCUT2D eigenvalue weighted by Crippen LogP contribution is 2.50. The van der Waals surface area contributed by atoms with E-state index >= 15 is 0 Å². The zero-order chi connectivity index (χ0) is 21.6. The lowest BCUT2D eigenvalue weighted by Gasteiger charge is -2.22. The molecule has 1 aliphatic heterocycles. The summed E-state index contributed by atoms with van der Waals surface area (Å²) in [4.78, 5) is 10.7. The van der Waals surface area contributed by atoms with Crippen molar-refractivity contribution in [1.82, 2.24) is 0 Å².